The number of halogens is 3. The fourth-order valence-electron chi connectivity index (χ4n) is 3.87. The second kappa shape index (κ2) is 10.6. The lowest BCUT2D eigenvalue weighted by Crippen LogP contribution is -2.43. The number of aromatic nitrogens is 5. The highest BCUT2D eigenvalue weighted by atomic mass is 32.1. The van der Waals surface area contributed by atoms with Crippen LogP contribution < -0.4 is 27.6 Å². The zero-order valence-electron chi connectivity index (χ0n) is 20.5. The number of nitrogens with zero attached hydrogens (tertiary/aromatic N) is 4. The van der Waals surface area contributed by atoms with Crippen molar-refractivity contribution in [2.24, 2.45) is 0 Å². The number of benzene rings is 2. The maximum absolute atomic E-state index is 13.9. The zero-order valence-corrected chi connectivity index (χ0v) is 21.3. The molecule has 11 nitrogen and oxygen atoms in total. The summed E-state index contributed by atoms with van der Waals surface area (Å²) in [5.41, 5.74) is -1.53. The van der Waals surface area contributed by atoms with Crippen molar-refractivity contribution in [1.82, 2.24) is 24.1 Å². The first-order chi connectivity index (χ1) is 19.1. The largest absolute Gasteiger partial charge is 0.355 e. The molecule has 204 valence electrons. The monoisotopic (exact) mass is 569 g/mol. The number of aromatic amines is 1. The molecule has 0 bridgehead atoms. The molecule has 0 fully saturated rings. The fraction of sp³-hybridized carbons (Fsp3) is 0.120. The maximum Gasteiger partial charge on any atom is 0.355 e. The number of H-pyrrole nitrogens is 1. The van der Waals surface area contributed by atoms with Gasteiger partial charge in [-0.2, -0.15) is 4.98 Å². The average molecular weight is 570 g/mol. The topological polar surface area (TPSA) is 144 Å². The van der Waals surface area contributed by atoms with E-state index in [-0.39, 0.29) is 23.0 Å². The molecular weight excluding hydrogens is 551 g/mol. The van der Waals surface area contributed by atoms with Gasteiger partial charge in [0.25, 0.3) is 5.56 Å². The van der Waals surface area contributed by atoms with Crippen molar-refractivity contribution in [3.63, 3.8) is 0 Å². The summed E-state index contributed by atoms with van der Waals surface area (Å²) in [6.45, 7) is 0.425. The maximum atomic E-state index is 13.9. The molecule has 40 heavy (non-hydrogen) atoms. The summed E-state index contributed by atoms with van der Waals surface area (Å²) in [6.07, 6.45) is 1.38. The van der Waals surface area contributed by atoms with Gasteiger partial charge in [0.05, 0.1) is 23.3 Å². The van der Waals surface area contributed by atoms with Crippen LogP contribution in [0.1, 0.15) is 18.1 Å². The van der Waals surface area contributed by atoms with Crippen molar-refractivity contribution in [1.29, 1.82) is 0 Å². The number of hydrogen-bond acceptors (Lipinski definition) is 8. The third-order valence-corrected chi connectivity index (χ3v) is 6.62. The van der Waals surface area contributed by atoms with Crippen molar-refractivity contribution >= 4 is 44.2 Å². The van der Waals surface area contributed by atoms with E-state index in [2.05, 4.69) is 25.6 Å². The summed E-state index contributed by atoms with van der Waals surface area (Å²) < 4.78 is 43.7. The molecule has 0 aliphatic heterocycles. The highest BCUT2D eigenvalue weighted by Gasteiger charge is 2.18. The van der Waals surface area contributed by atoms with Crippen molar-refractivity contribution < 1.29 is 18.0 Å². The second-order valence-corrected chi connectivity index (χ2v) is 9.61. The quantitative estimate of drug-likeness (QED) is 0.256. The number of carbonyl (C=O) groups excluding carboxylic acids is 1. The number of pyridine rings is 1. The van der Waals surface area contributed by atoms with Gasteiger partial charge in [0, 0.05) is 24.4 Å². The van der Waals surface area contributed by atoms with Crippen LogP contribution in [0.5, 0.6) is 0 Å². The number of fused-ring (bicyclic) bond motifs is 1. The minimum atomic E-state index is -1.67. The van der Waals surface area contributed by atoms with E-state index in [0.717, 1.165) is 16.7 Å². The summed E-state index contributed by atoms with van der Waals surface area (Å²) in [7, 11) is 0. The molecule has 0 saturated heterocycles. The lowest BCUT2D eigenvalue weighted by atomic mass is 10.2. The van der Waals surface area contributed by atoms with E-state index in [9.17, 15) is 32.3 Å². The molecular formula is C25H18F3N7O4S. The number of amides is 1. The first-order valence-electron chi connectivity index (χ1n) is 11.6. The van der Waals surface area contributed by atoms with E-state index in [4.69, 9.17) is 0 Å². The average Bonchev–Trinajstić information content (AvgIpc) is 3.29. The Balaban J connectivity index is 1.59. The third kappa shape index (κ3) is 5.40. The van der Waals surface area contributed by atoms with E-state index in [1.54, 1.807) is 18.2 Å². The molecule has 0 radical (unpaired) electrons. The highest BCUT2D eigenvalue weighted by Crippen LogP contribution is 2.29. The smallest absolute Gasteiger partial charge is 0.329 e. The van der Waals surface area contributed by atoms with Gasteiger partial charge in [0.1, 0.15) is 0 Å². The SMILES string of the molecule is CC(=O)Nc1nc2ccc(Nc3nc(=O)n(Cc4ccc[nH]c4=O)c(=O)n3Cc3cc(F)c(F)c(F)c3)cc2s1. The Morgan fingerprint density at radius 1 is 1.00 bits per heavy atom. The Morgan fingerprint density at radius 2 is 1.75 bits per heavy atom. The molecule has 0 spiro atoms. The van der Waals surface area contributed by atoms with Crippen LogP contribution in [0.25, 0.3) is 10.2 Å². The molecule has 3 aromatic heterocycles. The molecule has 0 saturated carbocycles. The van der Waals surface area contributed by atoms with E-state index < -0.39 is 47.5 Å². The minimum absolute atomic E-state index is 0.0975. The van der Waals surface area contributed by atoms with Crippen LogP contribution in [0.15, 0.2) is 63.0 Å². The van der Waals surface area contributed by atoms with E-state index in [0.29, 0.717) is 25.6 Å². The summed E-state index contributed by atoms with van der Waals surface area (Å²) in [5.74, 6) is -5.15. The Morgan fingerprint density at radius 3 is 2.45 bits per heavy atom. The molecule has 5 aromatic rings. The number of hydrogen-bond donors (Lipinski definition) is 3. The lowest BCUT2D eigenvalue weighted by molar-refractivity contribution is -0.114. The molecule has 0 unspecified atom stereocenters. The molecule has 3 N–H and O–H groups in total. The van der Waals surface area contributed by atoms with Crippen molar-refractivity contribution in [3.05, 3.63) is 109 Å². The van der Waals surface area contributed by atoms with Crippen LogP contribution in [-0.2, 0) is 17.9 Å². The number of carbonyl (C=O) groups is 1. The van der Waals surface area contributed by atoms with Crippen LogP contribution >= 0.6 is 11.3 Å². The molecule has 15 heteroatoms. The summed E-state index contributed by atoms with van der Waals surface area (Å²) >= 11 is 1.18. The van der Waals surface area contributed by atoms with Crippen molar-refractivity contribution in [2.75, 3.05) is 10.6 Å². The van der Waals surface area contributed by atoms with Crippen LogP contribution in [0.4, 0.5) is 29.9 Å². The fourth-order valence-corrected chi connectivity index (χ4v) is 4.82. The Hall–Kier alpha value is -5.05. The number of anilines is 3. The van der Waals surface area contributed by atoms with Gasteiger partial charge in [0.15, 0.2) is 22.6 Å². The van der Waals surface area contributed by atoms with Gasteiger partial charge in [-0.25, -0.2) is 32.3 Å². The van der Waals surface area contributed by atoms with E-state index >= 15 is 0 Å². The third-order valence-electron chi connectivity index (χ3n) is 5.69. The normalized spacial score (nSPS) is 11.1. The van der Waals surface area contributed by atoms with Gasteiger partial charge >= 0.3 is 11.4 Å². The first-order valence-corrected chi connectivity index (χ1v) is 12.4. The molecule has 1 amide bonds. The minimum Gasteiger partial charge on any atom is -0.329 e. The summed E-state index contributed by atoms with van der Waals surface area (Å²) in [6, 6.07) is 9.24. The van der Waals surface area contributed by atoms with Crippen LogP contribution in [-0.4, -0.2) is 30.0 Å². The number of rotatable bonds is 7. The summed E-state index contributed by atoms with van der Waals surface area (Å²) in [4.78, 5) is 60.6. The zero-order chi connectivity index (χ0) is 28.6. The van der Waals surface area contributed by atoms with Crippen LogP contribution in [0, 0.1) is 17.5 Å². The highest BCUT2D eigenvalue weighted by molar-refractivity contribution is 7.22. The van der Waals surface area contributed by atoms with Gasteiger partial charge in [0.2, 0.25) is 11.9 Å². The predicted octanol–water partition coefficient (Wildman–Crippen LogP) is 2.92. The van der Waals surface area contributed by atoms with E-state index in [1.165, 1.54) is 36.6 Å². The number of nitrogens with one attached hydrogen (secondary N) is 3. The Kier molecular flexibility index (Phi) is 7.04. The standard InChI is InChI=1S/C25H18F3N7O4S/c1-12(36)30-23-32-18-5-4-15(9-19(18)40-23)31-22-33-24(38)35(11-14-3-2-6-29-21(14)37)25(39)34(22)10-13-7-16(26)20(28)17(27)8-13/h2-9H,10-11H2,1H3,(H,29,37)(H,30,32,36)(H,31,33,38). The number of thiazole rings is 1. The second-order valence-electron chi connectivity index (χ2n) is 8.58. The summed E-state index contributed by atoms with van der Waals surface area (Å²) in [5, 5.41) is 5.82. The van der Waals surface area contributed by atoms with Crippen molar-refractivity contribution in [3.8, 4) is 0 Å². The molecule has 0 atom stereocenters. The molecule has 5 rings (SSSR count). The molecule has 0 aliphatic carbocycles. The van der Waals surface area contributed by atoms with Crippen molar-refractivity contribution in [2.45, 2.75) is 20.0 Å². The van der Waals surface area contributed by atoms with Gasteiger partial charge < -0.3 is 15.6 Å². The van der Waals surface area contributed by atoms with E-state index in [1.807, 2.05) is 0 Å². The Bertz CT molecular complexity index is 1940. The molecule has 3 heterocycles. The van der Waals surface area contributed by atoms with Crippen LogP contribution in [0.3, 0.4) is 0 Å². The first kappa shape index (κ1) is 26.6. The van der Waals surface area contributed by atoms with Gasteiger partial charge in [-0.1, -0.05) is 17.4 Å². The van der Waals surface area contributed by atoms with Crippen LogP contribution in [0.2, 0.25) is 0 Å². The lowest BCUT2D eigenvalue weighted by Gasteiger charge is -2.16. The van der Waals surface area contributed by atoms with Gasteiger partial charge in [-0.3, -0.25) is 14.2 Å². The molecule has 0 aliphatic rings. The Labute approximate surface area is 225 Å². The van der Waals surface area contributed by atoms with Gasteiger partial charge in [-0.15, -0.1) is 0 Å². The molecule has 2 aromatic carbocycles. The van der Waals surface area contributed by atoms with Gasteiger partial charge in [-0.05, 0) is 42.0 Å². The predicted molar refractivity (Wildman–Crippen MR) is 142 cm³/mol.